The minimum atomic E-state index is -1.63. The quantitative estimate of drug-likeness (QED) is 0.367. The van der Waals surface area contributed by atoms with E-state index < -0.39 is 14.9 Å². The molecule has 1 fully saturated rings. The molecule has 3 heteroatoms. The van der Waals surface area contributed by atoms with Crippen molar-refractivity contribution < 1.29 is 8.78 Å². The second-order valence-corrected chi connectivity index (χ2v) is 10.6. The summed E-state index contributed by atoms with van der Waals surface area (Å²) in [7, 11) is -0.393. The fourth-order valence-corrected chi connectivity index (χ4v) is 7.39. The Labute approximate surface area is 141 Å². The number of hydrogen-bond acceptors (Lipinski definition) is 0. The number of benzene rings is 1. The van der Waals surface area contributed by atoms with E-state index in [1.807, 2.05) is 12.1 Å². The maximum atomic E-state index is 12.2. The van der Waals surface area contributed by atoms with Gasteiger partial charge in [-0.25, -0.2) is 0 Å². The zero-order chi connectivity index (χ0) is 16.5. The molecule has 0 aliphatic carbocycles. The van der Waals surface area contributed by atoms with E-state index in [-0.39, 0.29) is 0 Å². The molecule has 1 aliphatic heterocycles. The summed E-state index contributed by atoms with van der Waals surface area (Å²) in [5, 5.41) is 0. The van der Waals surface area contributed by atoms with Crippen LogP contribution in [0.15, 0.2) is 30.3 Å². The summed E-state index contributed by atoms with van der Waals surface area (Å²) < 4.78 is 24.4. The van der Waals surface area contributed by atoms with Crippen molar-refractivity contribution in [3.63, 3.8) is 0 Å². The monoisotopic (exact) mass is 336 g/mol. The normalized spacial score (nSPS) is 21.2. The molecule has 0 N–H and O–H groups in total. The molecule has 1 aromatic carbocycles. The number of halogens is 2. The molecule has 1 saturated heterocycles. The molecule has 0 aromatic heterocycles. The van der Waals surface area contributed by atoms with Crippen LogP contribution < -0.4 is 0 Å². The van der Waals surface area contributed by atoms with Crippen LogP contribution in [0.4, 0.5) is 8.78 Å². The first kappa shape index (κ1) is 18.4. The average Bonchev–Trinajstić information content (AvgIpc) is 2.55. The third-order valence-electron chi connectivity index (χ3n) is 5.28. The Bertz CT molecular complexity index is 469. The van der Waals surface area contributed by atoms with Crippen LogP contribution in [-0.2, 0) is 6.42 Å². The van der Waals surface area contributed by atoms with E-state index in [2.05, 4.69) is 6.92 Å². The van der Waals surface area contributed by atoms with Gasteiger partial charge in [0.1, 0.15) is 0 Å². The highest BCUT2D eigenvalue weighted by molar-refractivity contribution is 6.58. The van der Waals surface area contributed by atoms with E-state index in [9.17, 15) is 8.78 Å². The Morgan fingerprint density at radius 3 is 2.43 bits per heavy atom. The standard InChI is InChI=1S/C20H30F2Si/c1-2-3-4-13-23-14-11-18(12-15-23)6-5-17-7-9-19(10-8-17)16-20(21)22/h7-10,16,18,23H,2-6,11-15H2,1H3. The molecule has 0 amide bonds. The number of hydrogen-bond donors (Lipinski definition) is 0. The van der Waals surface area contributed by atoms with Gasteiger partial charge in [0.2, 0.25) is 0 Å². The van der Waals surface area contributed by atoms with E-state index in [0.717, 1.165) is 18.4 Å². The molecule has 0 spiro atoms. The van der Waals surface area contributed by atoms with Crippen LogP contribution in [0.3, 0.4) is 0 Å². The molecular formula is C20H30F2Si. The molecule has 0 atom stereocenters. The van der Waals surface area contributed by atoms with Crippen molar-refractivity contribution >= 4 is 14.9 Å². The van der Waals surface area contributed by atoms with Crippen molar-refractivity contribution in [1.29, 1.82) is 0 Å². The highest BCUT2D eigenvalue weighted by Crippen LogP contribution is 2.31. The SMILES string of the molecule is CCCCC[SiH]1CCC(CCc2ccc(C=C(F)F)cc2)CC1. The van der Waals surface area contributed by atoms with Crippen molar-refractivity contribution in [1.82, 2.24) is 0 Å². The fourth-order valence-electron chi connectivity index (χ4n) is 3.77. The van der Waals surface area contributed by atoms with Crippen LogP contribution in [0.25, 0.3) is 6.08 Å². The molecule has 0 saturated carbocycles. The Hall–Kier alpha value is -0.963. The Balaban J connectivity index is 1.68. The summed E-state index contributed by atoms with van der Waals surface area (Å²) in [6.07, 6.45) is 8.77. The lowest BCUT2D eigenvalue weighted by atomic mass is 9.94. The Morgan fingerprint density at radius 2 is 1.83 bits per heavy atom. The maximum absolute atomic E-state index is 12.2. The molecule has 23 heavy (non-hydrogen) atoms. The molecule has 1 heterocycles. The lowest BCUT2D eigenvalue weighted by Gasteiger charge is -2.27. The molecule has 0 nitrogen and oxygen atoms in total. The molecule has 0 unspecified atom stereocenters. The van der Waals surface area contributed by atoms with Gasteiger partial charge in [-0.3, -0.25) is 0 Å². The van der Waals surface area contributed by atoms with Gasteiger partial charge in [-0.05, 0) is 29.9 Å². The predicted octanol–water partition coefficient (Wildman–Crippen LogP) is 6.68. The van der Waals surface area contributed by atoms with Gasteiger partial charge in [-0.1, -0.05) is 81.4 Å². The topological polar surface area (TPSA) is 0 Å². The van der Waals surface area contributed by atoms with Gasteiger partial charge in [0.05, 0.1) is 0 Å². The molecule has 0 radical (unpaired) electrons. The van der Waals surface area contributed by atoms with Gasteiger partial charge in [-0.15, -0.1) is 0 Å². The van der Waals surface area contributed by atoms with E-state index in [1.54, 1.807) is 30.3 Å². The predicted molar refractivity (Wildman–Crippen MR) is 98.8 cm³/mol. The maximum Gasteiger partial charge on any atom is 0.270 e. The summed E-state index contributed by atoms with van der Waals surface area (Å²) >= 11 is 0. The molecule has 1 aromatic rings. The van der Waals surface area contributed by atoms with Crippen LogP contribution in [0, 0.1) is 5.92 Å². The summed E-state index contributed by atoms with van der Waals surface area (Å²) in [5.74, 6) is 0.896. The van der Waals surface area contributed by atoms with Gasteiger partial charge in [0.25, 0.3) is 6.08 Å². The molecule has 2 rings (SSSR count). The third-order valence-corrected chi connectivity index (χ3v) is 8.80. The summed E-state index contributed by atoms with van der Waals surface area (Å²) in [6.45, 7) is 2.29. The van der Waals surface area contributed by atoms with Gasteiger partial charge < -0.3 is 0 Å². The van der Waals surface area contributed by atoms with E-state index in [1.165, 1.54) is 44.1 Å². The number of aryl methyl sites for hydroxylation is 1. The van der Waals surface area contributed by atoms with E-state index >= 15 is 0 Å². The second kappa shape index (κ2) is 10.0. The van der Waals surface area contributed by atoms with Crippen molar-refractivity contribution in [2.24, 2.45) is 5.92 Å². The van der Waals surface area contributed by atoms with Gasteiger partial charge >= 0.3 is 0 Å². The molecule has 128 valence electrons. The van der Waals surface area contributed by atoms with Crippen molar-refractivity contribution in [3.8, 4) is 0 Å². The zero-order valence-corrected chi connectivity index (χ0v) is 15.5. The van der Waals surface area contributed by atoms with Crippen molar-refractivity contribution in [2.75, 3.05) is 0 Å². The first-order valence-corrected chi connectivity index (χ1v) is 11.7. The lowest BCUT2D eigenvalue weighted by molar-refractivity contribution is 0.429. The fraction of sp³-hybridized carbons (Fsp3) is 0.600. The van der Waals surface area contributed by atoms with Crippen LogP contribution in [0.5, 0.6) is 0 Å². The number of rotatable bonds is 8. The van der Waals surface area contributed by atoms with Crippen LogP contribution in [0.2, 0.25) is 18.1 Å². The molecule has 1 aliphatic rings. The molecule has 0 bridgehead atoms. The summed E-state index contributed by atoms with van der Waals surface area (Å²) in [6, 6.07) is 12.3. The summed E-state index contributed by atoms with van der Waals surface area (Å²) in [5.41, 5.74) is 1.87. The number of unbranched alkanes of at least 4 members (excludes halogenated alkanes) is 2. The van der Waals surface area contributed by atoms with Gasteiger partial charge in [0, 0.05) is 14.9 Å². The minimum absolute atomic E-state index is 0.393. The average molecular weight is 337 g/mol. The second-order valence-electron chi connectivity index (χ2n) is 7.10. The largest absolute Gasteiger partial charge is 0.270 e. The Kier molecular flexibility index (Phi) is 8.00. The first-order valence-electron chi connectivity index (χ1n) is 9.29. The summed E-state index contributed by atoms with van der Waals surface area (Å²) in [4.78, 5) is 0. The minimum Gasteiger partial charge on any atom is -0.173 e. The lowest BCUT2D eigenvalue weighted by Crippen LogP contribution is -2.21. The third kappa shape index (κ3) is 6.99. The van der Waals surface area contributed by atoms with E-state index in [0.29, 0.717) is 5.56 Å². The van der Waals surface area contributed by atoms with Crippen molar-refractivity contribution in [2.45, 2.75) is 70.0 Å². The van der Waals surface area contributed by atoms with Gasteiger partial charge in [0.15, 0.2) is 0 Å². The molecular weight excluding hydrogens is 306 g/mol. The highest BCUT2D eigenvalue weighted by Gasteiger charge is 2.21. The highest BCUT2D eigenvalue weighted by atomic mass is 28.3. The zero-order valence-electron chi connectivity index (χ0n) is 14.4. The van der Waals surface area contributed by atoms with Gasteiger partial charge in [-0.2, -0.15) is 8.78 Å². The van der Waals surface area contributed by atoms with Crippen LogP contribution >= 0.6 is 0 Å². The van der Waals surface area contributed by atoms with Crippen LogP contribution in [-0.4, -0.2) is 8.80 Å². The van der Waals surface area contributed by atoms with Crippen molar-refractivity contribution in [3.05, 3.63) is 41.5 Å². The van der Waals surface area contributed by atoms with Crippen LogP contribution in [0.1, 0.15) is 56.6 Å². The van der Waals surface area contributed by atoms with E-state index in [4.69, 9.17) is 0 Å². The Morgan fingerprint density at radius 1 is 1.13 bits per heavy atom. The smallest absolute Gasteiger partial charge is 0.173 e. The first-order chi connectivity index (χ1) is 11.2.